The van der Waals surface area contributed by atoms with Crippen molar-refractivity contribution in [3.63, 3.8) is 0 Å². The Morgan fingerprint density at radius 2 is 2.18 bits per heavy atom. The van der Waals surface area contributed by atoms with Crippen LogP contribution in [-0.2, 0) is 11.2 Å². The number of rotatable bonds is 3. The Labute approximate surface area is 98.9 Å². The van der Waals surface area contributed by atoms with Gasteiger partial charge in [-0.1, -0.05) is 29.4 Å². The SMILES string of the molecule is Cc1noc(C)c1-c1cccc(CC(=O)O)c1. The lowest BCUT2D eigenvalue weighted by molar-refractivity contribution is -0.136. The molecule has 0 saturated carbocycles. The molecule has 0 aliphatic carbocycles. The largest absolute Gasteiger partial charge is 0.481 e. The highest BCUT2D eigenvalue weighted by atomic mass is 16.5. The molecule has 0 atom stereocenters. The normalized spacial score (nSPS) is 10.5. The van der Waals surface area contributed by atoms with Crippen molar-refractivity contribution < 1.29 is 14.4 Å². The third kappa shape index (κ3) is 2.36. The van der Waals surface area contributed by atoms with Crippen LogP contribution in [0.3, 0.4) is 0 Å². The Morgan fingerprint density at radius 1 is 1.41 bits per heavy atom. The topological polar surface area (TPSA) is 63.3 Å². The van der Waals surface area contributed by atoms with Gasteiger partial charge in [0.2, 0.25) is 0 Å². The number of hydrogen-bond acceptors (Lipinski definition) is 3. The average Bonchev–Trinajstić information content (AvgIpc) is 2.58. The van der Waals surface area contributed by atoms with Gasteiger partial charge in [0.25, 0.3) is 0 Å². The predicted molar refractivity (Wildman–Crippen MR) is 62.8 cm³/mol. The van der Waals surface area contributed by atoms with Crippen molar-refractivity contribution in [3.05, 3.63) is 41.3 Å². The zero-order valence-electron chi connectivity index (χ0n) is 9.73. The summed E-state index contributed by atoms with van der Waals surface area (Å²) >= 11 is 0. The fraction of sp³-hybridized carbons (Fsp3) is 0.231. The highest BCUT2D eigenvalue weighted by Gasteiger charge is 2.12. The minimum Gasteiger partial charge on any atom is -0.481 e. The standard InChI is InChI=1S/C13H13NO3/c1-8-13(9(2)17-14-8)11-5-3-4-10(6-11)7-12(15)16/h3-6H,7H2,1-2H3,(H,15,16). The van der Waals surface area contributed by atoms with Gasteiger partial charge in [0, 0.05) is 5.56 Å². The first kappa shape index (κ1) is 11.4. The molecule has 0 aliphatic heterocycles. The minimum absolute atomic E-state index is 0.0250. The van der Waals surface area contributed by atoms with Crippen molar-refractivity contribution in [2.45, 2.75) is 20.3 Å². The number of carbonyl (C=O) groups is 1. The number of aryl methyl sites for hydroxylation is 2. The lowest BCUT2D eigenvalue weighted by Crippen LogP contribution is -1.99. The number of aliphatic carboxylic acids is 1. The second kappa shape index (κ2) is 4.41. The van der Waals surface area contributed by atoms with E-state index in [4.69, 9.17) is 9.63 Å². The molecule has 2 aromatic rings. The Hall–Kier alpha value is -2.10. The van der Waals surface area contributed by atoms with Crippen LogP contribution in [0.15, 0.2) is 28.8 Å². The van der Waals surface area contributed by atoms with E-state index >= 15 is 0 Å². The van der Waals surface area contributed by atoms with Crippen LogP contribution in [-0.4, -0.2) is 16.2 Å². The molecule has 1 N–H and O–H groups in total. The highest BCUT2D eigenvalue weighted by Crippen LogP contribution is 2.27. The van der Waals surface area contributed by atoms with Crippen molar-refractivity contribution in [3.8, 4) is 11.1 Å². The Kier molecular flexibility index (Phi) is 2.95. The molecule has 2 rings (SSSR count). The van der Waals surface area contributed by atoms with E-state index in [1.54, 1.807) is 6.07 Å². The van der Waals surface area contributed by atoms with Crippen molar-refractivity contribution in [1.82, 2.24) is 5.16 Å². The smallest absolute Gasteiger partial charge is 0.307 e. The lowest BCUT2D eigenvalue weighted by Gasteiger charge is -2.03. The molecule has 17 heavy (non-hydrogen) atoms. The van der Waals surface area contributed by atoms with Crippen LogP contribution >= 0.6 is 0 Å². The van der Waals surface area contributed by atoms with E-state index in [-0.39, 0.29) is 6.42 Å². The zero-order chi connectivity index (χ0) is 12.4. The molecular weight excluding hydrogens is 218 g/mol. The first-order chi connectivity index (χ1) is 8.08. The molecule has 0 unspecified atom stereocenters. The van der Waals surface area contributed by atoms with Gasteiger partial charge in [-0.2, -0.15) is 0 Å². The monoisotopic (exact) mass is 231 g/mol. The predicted octanol–water partition coefficient (Wildman–Crippen LogP) is 2.59. The van der Waals surface area contributed by atoms with Crippen molar-refractivity contribution >= 4 is 5.97 Å². The van der Waals surface area contributed by atoms with Crippen molar-refractivity contribution in [1.29, 1.82) is 0 Å². The fourth-order valence-electron chi connectivity index (χ4n) is 1.91. The van der Waals surface area contributed by atoms with E-state index in [0.717, 1.165) is 28.1 Å². The van der Waals surface area contributed by atoms with E-state index in [9.17, 15) is 4.79 Å². The summed E-state index contributed by atoms with van der Waals surface area (Å²) in [4.78, 5) is 10.7. The summed E-state index contributed by atoms with van der Waals surface area (Å²) in [7, 11) is 0. The fourth-order valence-corrected chi connectivity index (χ4v) is 1.91. The minimum atomic E-state index is -0.832. The summed E-state index contributed by atoms with van der Waals surface area (Å²) in [5.41, 5.74) is 3.47. The van der Waals surface area contributed by atoms with Gasteiger partial charge in [0.15, 0.2) is 0 Å². The first-order valence-corrected chi connectivity index (χ1v) is 5.32. The second-order valence-corrected chi connectivity index (χ2v) is 3.97. The molecule has 1 heterocycles. The van der Waals surface area contributed by atoms with Crippen LogP contribution in [0, 0.1) is 13.8 Å². The van der Waals surface area contributed by atoms with E-state index in [2.05, 4.69) is 5.16 Å². The van der Waals surface area contributed by atoms with E-state index in [0.29, 0.717) is 0 Å². The quantitative estimate of drug-likeness (QED) is 0.881. The van der Waals surface area contributed by atoms with Gasteiger partial charge in [-0.25, -0.2) is 0 Å². The number of carboxylic acids is 1. The molecule has 0 fully saturated rings. The lowest BCUT2D eigenvalue weighted by atomic mass is 10.0. The third-order valence-corrected chi connectivity index (χ3v) is 2.60. The summed E-state index contributed by atoms with van der Waals surface area (Å²) in [6.45, 7) is 3.72. The second-order valence-electron chi connectivity index (χ2n) is 3.97. The van der Waals surface area contributed by atoms with Crippen molar-refractivity contribution in [2.24, 2.45) is 0 Å². The van der Waals surface area contributed by atoms with Crippen LogP contribution in [0.1, 0.15) is 17.0 Å². The maximum Gasteiger partial charge on any atom is 0.307 e. The summed E-state index contributed by atoms with van der Waals surface area (Å²) in [6, 6.07) is 7.44. The van der Waals surface area contributed by atoms with Gasteiger partial charge >= 0.3 is 5.97 Å². The molecular formula is C13H13NO3. The molecule has 1 aromatic heterocycles. The molecule has 0 radical (unpaired) electrons. The molecule has 0 aliphatic rings. The van der Waals surface area contributed by atoms with E-state index in [1.165, 1.54) is 0 Å². The van der Waals surface area contributed by atoms with Crippen LogP contribution in [0.5, 0.6) is 0 Å². The molecule has 4 nitrogen and oxygen atoms in total. The maximum absolute atomic E-state index is 10.7. The molecule has 1 aromatic carbocycles. The summed E-state index contributed by atoms with van der Waals surface area (Å²) in [5.74, 6) is -0.0871. The first-order valence-electron chi connectivity index (χ1n) is 5.32. The molecule has 4 heteroatoms. The van der Waals surface area contributed by atoms with E-state index in [1.807, 2.05) is 32.0 Å². The van der Waals surface area contributed by atoms with Crippen LogP contribution in [0.2, 0.25) is 0 Å². The average molecular weight is 231 g/mol. The number of benzene rings is 1. The third-order valence-electron chi connectivity index (χ3n) is 2.60. The van der Waals surface area contributed by atoms with Gasteiger partial charge < -0.3 is 9.63 Å². The Balaban J connectivity index is 2.43. The van der Waals surface area contributed by atoms with Crippen LogP contribution in [0.4, 0.5) is 0 Å². The molecule has 88 valence electrons. The molecule has 0 bridgehead atoms. The Morgan fingerprint density at radius 3 is 2.76 bits per heavy atom. The van der Waals surface area contributed by atoms with Crippen molar-refractivity contribution in [2.75, 3.05) is 0 Å². The van der Waals surface area contributed by atoms with Gasteiger partial charge in [-0.3, -0.25) is 4.79 Å². The van der Waals surface area contributed by atoms with Gasteiger partial charge in [-0.15, -0.1) is 0 Å². The van der Waals surface area contributed by atoms with Crippen LogP contribution in [0.25, 0.3) is 11.1 Å². The number of carboxylic acid groups (broad SMARTS) is 1. The van der Waals surface area contributed by atoms with Gasteiger partial charge in [0.1, 0.15) is 5.76 Å². The summed E-state index contributed by atoms with van der Waals surface area (Å²) in [6.07, 6.45) is 0.0250. The Bertz CT molecular complexity index is 538. The molecule has 0 saturated heterocycles. The zero-order valence-corrected chi connectivity index (χ0v) is 9.73. The highest BCUT2D eigenvalue weighted by molar-refractivity contribution is 5.73. The maximum atomic E-state index is 10.7. The summed E-state index contributed by atoms with van der Waals surface area (Å²) in [5, 5.41) is 12.7. The van der Waals surface area contributed by atoms with E-state index < -0.39 is 5.97 Å². The molecule has 0 amide bonds. The van der Waals surface area contributed by atoms with Gasteiger partial charge in [0.05, 0.1) is 12.1 Å². The molecule has 0 spiro atoms. The van der Waals surface area contributed by atoms with Gasteiger partial charge in [-0.05, 0) is 25.0 Å². The summed E-state index contributed by atoms with van der Waals surface area (Å²) < 4.78 is 5.10. The van der Waals surface area contributed by atoms with Crippen LogP contribution < -0.4 is 0 Å². The number of aromatic nitrogens is 1. The number of hydrogen-bond donors (Lipinski definition) is 1. The number of nitrogens with zero attached hydrogens (tertiary/aromatic N) is 1.